The van der Waals surface area contributed by atoms with Gasteiger partial charge in [0.25, 0.3) is 5.56 Å². The van der Waals surface area contributed by atoms with Crippen LogP contribution < -0.4 is 16.6 Å². The van der Waals surface area contributed by atoms with Crippen LogP contribution in [-0.2, 0) is 6.54 Å². The van der Waals surface area contributed by atoms with Gasteiger partial charge in [-0.3, -0.25) is 4.79 Å². The number of aromatic nitrogens is 2. The lowest BCUT2D eigenvalue weighted by molar-refractivity contribution is 0.408. The van der Waals surface area contributed by atoms with E-state index < -0.39 is 0 Å². The third-order valence-electron chi connectivity index (χ3n) is 2.61. The summed E-state index contributed by atoms with van der Waals surface area (Å²) < 4.78 is 1.52. The van der Waals surface area contributed by atoms with Crippen molar-refractivity contribution in [1.29, 1.82) is 0 Å². The maximum Gasteiger partial charge on any atom is 0.268 e. The Bertz CT molecular complexity index is 388. The van der Waals surface area contributed by atoms with Gasteiger partial charge in [0.05, 0.1) is 11.9 Å². The molecule has 17 heavy (non-hydrogen) atoms. The fourth-order valence-electron chi connectivity index (χ4n) is 1.76. The Morgan fingerprint density at radius 3 is 2.94 bits per heavy atom. The topological polar surface area (TPSA) is 72.9 Å². The Labute approximate surface area is 102 Å². The van der Waals surface area contributed by atoms with Gasteiger partial charge in [0.15, 0.2) is 0 Å². The van der Waals surface area contributed by atoms with Gasteiger partial charge in [-0.05, 0) is 12.3 Å². The molecule has 1 heterocycles. The minimum absolute atomic E-state index is 0.0602. The summed E-state index contributed by atoms with van der Waals surface area (Å²) in [6.45, 7) is 6.16. The Kier molecular flexibility index (Phi) is 5.69. The lowest BCUT2D eigenvalue weighted by Gasteiger charge is -2.12. The van der Waals surface area contributed by atoms with Gasteiger partial charge >= 0.3 is 0 Å². The predicted molar refractivity (Wildman–Crippen MR) is 70.1 cm³/mol. The Morgan fingerprint density at radius 2 is 2.35 bits per heavy atom. The van der Waals surface area contributed by atoms with Crippen molar-refractivity contribution < 1.29 is 0 Å². The maximum absolute atomic E-state index is 11.8. The summed E-state index contributed by atoms with van der Waals surface area (Å²) in [5, 5.41) is 7.19. The molecule has 0 radical (unpaired) electrons. The van der Waals surface area contributed by atoms with E-state index in [2.05, 4.69) is 24.3 Å². The van der Waals surface area contributed by atoms with Crippen LogP contribution in [0.1, 0.15) is 26.7 Å². The second kappa shape index (κ2) is 7.06. The Balaban J connectivity index is 2.66. The molecule has 3 N–H and O–H groups in total. The molecule has 5 heteroatoms. The van der Waals surface area contributed by atoms with Gasteiger partial charge in [0.2, 0.25) is 0 Å². The van der Waals surface area contributed by atoms with Crippen molar-refractivity contribution in [2.75, 3.05) is 18.4 Å². The number of hydrogen-bond acceptors (Lipinski definition) is 4. The molecule has 0 aliphatic rings. The SMILES string of the molecule is CCCC(C)Cn1ncc(NCCN)cc1=O. The van der Waals surface area contributed by atoms with E-state index in [1.54, 1.807) is 12.3 Å². The number of nitrogens with two attached hydrogens (primary N) is 1. The Morgan fingerprint density at radius 1 is 1.59 bits per heavy atom. The maximum atomic E-state index is 11.8. The van der Waals surface area contributed by atoms with E-state index >= 15 is 0 Å². The zero-order valence-corrected chi connectivity index (χ0v) is 10.6. The summed E-state index contributed by atoms with van der Waals surface area (Å²) in [4.78, 5) is 11.8. The van der Waals surface area contributed by atoms with E-state index in [1.807, 2.05) is 0 Å². The zero-order valence-electron chi connectivity index (χ0n) is 10.6. The smallest absolute Gasteiger partial charge is 0.268 e. The van der Waals surface area contributed by atoms with Gasteiger partial charge in [-0.25, -0.2) is 4.68 Å². The number of rotatable bonds is 7. The molecule has 96 valence electrons. The molecule has 1 atom stereocenters. The van der Waals surface area contributed by atoms with E-state index in [4.69, 9.17) is 5.73 Å². The molecule has 0 saturated carbocycles. The number of hydrogen-bond donors (Lipinski definition) is 2. The van der Waals surface area contributed by atoms with E-state index in [0.29, 0.717) is 25.6 Å². The van der Waals surface area contributed by atoms with E-state index in [-0.39, 0.29) is 5.56 Å². The van der Waals surface area contributed by atoms with Gasteiger partial charge in [0, 0.05) is 25.7 Å². The molecule has 1 aromatic rings. The Hall–Kier alpha value is -1.36. The van der Waals surface area contributed by atoms with Gasteiger partial charge in [-0.1, -0.05) is 20.3 Å². The van der Waals surface area contributed by atoms with E-state index in [9.17, 15) is 4.79 Å². The van der Waals surface area contributed by atoms with Crippen LogP contribution in [0.3, 0.4) is 0 Å². The van der Waals surface area contributed by atoms with Crippen LogP contribution in [-0.4, -0.2) is 22.9 Å². The van der Waals surface area contributed by atoms with Gasteiger partial charge < -0.3 is 11.1 Å². The molecule has 0 spiro atoms. The molecule has 0 aliphatic heterocycles. The van der Waals surface area contributed by atoms with Crippen molar-refractivity contribution in [1.82, 2.24) is 9.78 Å². The molecule has 1 unspecified atom stereocenters. The van der Waals surface area contributed by atoms with Crippen LogP contribution in [0.15, 0.2) is 17.1 Å². The number of anilines is 1. The van der Waals surface area contributed by atoms with E-state index in [1.165, 1.54) is 4.68 Å². The fourth-order valence-corrected chi connectivity index (χ4v) is 1.76. The average molecular weight is 238 g/mol. The molecule has 1 aromatic heterocycles. The minimum Gasteiger partial charge on any atom is -0.382 e. The zero-order chi connectivity index (χ0) is 12.7. The molecule has 0 saturated heterocycles. The highest BCUT2D eigenvalue weighted by Crippen LogP contribution is 2.06. The van der Waals surface area contributed by atoms with Crippen LogP contribution in [0.4, 0.5) is 5.69 Å². The van der Waals surface area contributed by atoms with Crippen LogP contribution in [0, 0.1) is 5.92 Å². The molecule has 0 aromatic carbocycles. The summed E-state index contributed by atoms with van der Waals surface area (Å²) in [6.07, 6.45) is 3.92. The van der Waals surface area contributed by atoms with Crippen LogP contribution in [0.2, 0.25) is 0 Å². The summed E-state index contributed by atoms with van der Waals surface area (Å²) in [6, 6.07) is 1.57. The molecule has 5 nitrogen and oxygen atoms in total. The van der Waals surface area contributed by atoms with Crippen LogP contribution >= 0.6 is 0 Å². The quantitative estimate of drug-likeness (QED) is 0.744. The summed E-state index contributed by atoms with van der Waals surface area (Å²) in [5.41, 5.74) is 6.05. The molecule has 0 fully saturated rings. The van der Waals surface area contributed by atoms with Crippen molar-refractivity contribution in [3.8, 4) is 0 Å². The third kappa shape index (κ3) is 4.56. The standard InChI is InChI=1S/C12H22N4O/c1-3-4-10(2)9-16-12(17)7-11(8-15-16)14-6-5-13/h7-8,10,14H,3-6,9,13H2,1-2H3. The number of nitrogens with zero attached hydrogens (tertiary/aromatic N) is 2. The van der Waals surface area contributed by atoms with Crippen LogP contribution in [0.25, 0.3) is 0 Å². The summed E-state index contributed by atoms with van der Waals surface area (Å²) in [7, 11) is 0. The van der Waals surface area contributed by atoms with Crippen molar-refractivity contribution >= 4 is 5.69 Å². The lowest BCUT2D eigenvalue weighted by atomic mass is 10.1. The first-order chi connectivity index (χ1) is 8.17. The summed E-state index contributed by atoms with van der Waals surface area (Å²) >= 11 is 0. The monoisotopic (exact) mass is 238 g/mol. The minimum atomic E-state index is -0.0602. The summed E-state index contributed by atoms with van der Waals surface area (Å²) in [5.74, 6) is 0.480. The van der Waals surface area contributed by atoms with Crippen molar-refractivity contribution in [3.63, 3.8) is 0 Å². The molecular formula is C12H22N4O. The van der Waals surface area contributed by atoms with Crippen molar-refractivity contribution in [2.24, 2.45) is 11.7 Å². The first kappa shape index (κ1) is 13.7. The highest BCUT2D eigenvalue weighted by Gasteiger charge is 2.05. The molecular weight excluding hydrogens is 216 g/mol. The first-order valence-electron chi connectivity index (χ1n) is 6.18. The average Bonchev–Trinajstić information content (AvgIpc) is 2.30. The van der Waals surface area contributed by atoms with Gasteiger partial charge in [-0.2, -0.15) is 5.10 Å². The van der Waals surface area contributed by atoms with Gasteiger partial charge in [-0.15, -0.1) is 0 Å². The second-order valence-electron chi connectivity index (χ2n) is 4.37. The molecule has 0 amide bonds. The van der Waals surface area contributed by atoms with E-state index in [0.717, 1.165) is 18.5 Å². The normalized spacial score (nSPS) is 12.4. The first-order valence-corrected chi connectivity index (χ1v) is 6.18. The molecule has 0 aliphatic carbocycles. The van der Waals surface area contributed by atoms with Crippen molar-refractivity contribution in [2.45, 2.75) is 33.2 Å². The third-order valence-corrected chi connectivity index (χ3v) is 2.61. The second-order valence-corrected chi connectivity index (χ2v) is 4.37. The fraction of sp³-hybridized carbons (Fsp3) is 0.667. The highest BCUT2D eigenvalue weighted by atomic mass is 16.1. The van der Waals surface area contributed by atoms with Crippen molar-refractivity contribution in [3.05, 3.63) is 22.6 Å². The number of nitrogens with one attached hydrogen (secondary N) is 1. The molecule has 1 rings (SSSR count). The predicted octanol–water partition coefficient (Wildman–Crippen LogP) is 1.05. The largest absolute Gasteiger partial charge is 0.382 e. The molecule has 0 bridgehead atoms. The highest BCUT2D eigenvalue weighted by molar-refractivity contribution is 5.38. The lowest BCUT2D eigenvalue weighted by Crippen LogP contribution is -2.26. The van der Waals surface area contributed by atoms with Crippen LogP contribution in [0.5, 0.6) is 0 Å². The van der Waals surface area contributed by atoms with Gasteiger partial charge in [0.1, 0.15) is 0 Å².